The van der Waals surface area contributed by atoms with Crippen LogP contribution < -0.4 is 0 Å². The van der Waals surface area contributed by atoms with Gasteiger partial charge in [0.2, 0.25) is 0 Å². The maximum atomic E-state index is 11.3. The summed E-state index contributed by atoms with van der Waals surface area (Å²) in [4.78, 5) is 0. The molecule has 2 unspecified atom stereocenters. The molecule has 0 saturated heterocycles. The minimum absolute atomic E-state index is 0.657. The van der Waals surface area contributed by atoms with E-state index >= 15 is 0 Å². The van der Waals surface area contributed by atoms with Gasteiger partial charge in [0.15, 0.2) is 0 Å². The molecule has 106 valence electrons. The van der Waals surface area contributed by atoms with Crippen molar-refractivity contribution in [2.45, 2.75) is 37.7 Å². The molecule has 1 N–H and O–H groups in total. The second-order valence-corrected chi connectivity index (χ2v) is 6.06. The van der Waals surface area contributed by atoms with E-state index in [0.29, 0.717) is 6.42 Å². The molecule has 2 nitrogen and oxygen atoms in total. The quantitative estimate of drug-likeness (QED) is 0.911. The molecule has 2 aromatic rings. The Balaban J connectivity index is 2.22. The van der Waals surface area contributed by atoms with Gasteiger partial charge in [-0.05, 0) is 48.9 Å². The number of nitriles is 1. The van der Waals surface area contributed by atoms with Crippen molar-refractivity contribution >= 4 is 0 Å². The number of hydrogen-bond acceptors (Lipinski definition) is 2. The lowest BCUT2D eigenvalue weighted by atomic mass is 9.66. The number of hydrogen-bond donors (Lipinski definition) is 1. The van der Waals surface area contributed by atoms with Crippen molar-refractivity contribution in [3.05, 3.63) is 70.8 Å². The molecule has 0 fully saturated rings. The minimum atomic E-state index is -1.21. The Morgan fingerprint density at radius 1 is 1.14 bits per heavy atom. The molecule has 1 aliphatic carbocycles. The molecule has 0 radical (unpaired) electrons. The Morgan fingerprint density at radius 3 is 2.52 bits per heavy atom. The van der Waals surface area contributed by atoms with E-state index in [0.717, 1.165) is 23.1 Å². The van der Waals surface area contributed by atoms with Crippen LogP contribution >= 0.6 is 0 Å². The lowest BCUT2D eigenvalue weighted by Crippen LogP contribution is -2.45. The van der Waals surface area contributed by atoms with Gasteiger partial charge in [-0.15, -0.1) is 0 Å². The fourth-order valence-corrected chi connectivity index (χ4v) is 3.69. The second-order valence-electron chi connectivity index (χ2n) is 6.06. The Morgan fingerprint density at radius 2 is 1.81 bits per heavy atom. The predicted molar refractivity (Wildman–Crippen MR) is 82.8 cm³/mol. The maximum absolute atomic E-state index is 11.3. The van der Waals surface area contributed by atoms with Crippen LogP contribution in [-0.4, -0.2) is 5.11 Å². The normalized spacial score (nSPS) is 23.1. The summed E-state index contributed by atoms with van der Waals surface area (Å²) >= 11 is 0. The van der Waals surface area contributed by atoms with E-state index < -0.39 is 11.0 Å². The van der Waals surface area contributed by atoms with Gasteiger partial charge >= 0.3 is 0 Å². The van der Waals surface area contributed by atoms with Crippen molar-refractivity contribution in [3.8, 4) is 6.07 Å². The topological polar surface area (TPSA) is 44.0 Å². The summed E-state index contributed by atoms with van der Waals surface area (Å²) in [6.07, 6.45) is 1.50. The molecule has 0 bridgehead atoms. The van der Waals surface area contributed by atoms with Crippen LogP contribution in [0.1, 0.15) is 35.6 Å². The monoisotopic (exact) mass is 277 g/mol. The first-order valence-corrected chi connectivity index (χ1v) is 7.31. The number of aliphatic hydroxyl groups is 1. The number of fused-ring (bicyclic) bond motifs is 1. The van der Waals surface area contributed by atoms with E-state index in [4.69, 9.17) is 0 Å². The molecule has 21 heavy (non-hydrogen) atoms. The SMILES string of the molecule is Cc1ccccc1C(C)(O)C1(C#N)CCc2ccccc21. The Kier molecular flexibility index (Phi) is 3.11. The van der Waals surface area contributed by atoms with E-state index in [1.54, 1.807) is 6.92 Å². The molecule has 0 aliphatic heterocycles. The molecule has 0 amide bonds. The smallest absolute Gasteiger partial charge is 0.115 e. The van der Waals surface area contributed by atoms with Gasteiger partial charge in [0, 0.05) is 0 Å². The van der Waals surface area contributed by atoms with E-state index in [1.807, 2.05) is 49.4 Å². The van der Waals surface area contributed by atoms with Gasteiger partial charge in [0.05, 0.1) is 6.07 Å². The molecule has 2 atom stereocenters. The molecule has 0 spiro atoms. The van der Waals surface area contributed by atoms with Gasteiger partial charge in [-0.3, -0.25) is 0 Å². The van der Waals surface area contributed by atoms with Crippen LogP contribution in [0.2, 0.25) is 0 Å². The summed E-state index contributed by atoms with van der Waals surface area (Å²) in [5.41, 5.74) is 1.91. The molecule has 2 heteroatoms. The standard InChI is InChI=1S/C19H19NO/c1-14-7-3-5-9-16(14)18(2,21)19(13-20)12-11-15-8-4-6-10-17(15)19/h3-10,21H,11-12H2,1-2H3. The van der Waals surface area contributed by atoms with E-state index in [2.05, 4.69) is 12.1 Å². The number of benzene rings is 2. The summed E-state index contributed by atoms with van der Waals surface area (Å²) in [5, 5.41) is 21.3. The summed E-state index contributed by atoms with van der Waals surface area (Å²) in [6, 6.07) is 18.2. The third kappa shape index (κ3) is 1.81. The molecule has 2 aromatic carbocycles. The van der Waals surface area contributed by atoms with Crippen LogP contribution in [0.4, 0.5) is 0 Å². The van der Waals surface area contributed by atoms with Crippen molar-refractivity contribution in [2.75, 3.05) is 0 Å². The van der Waals surface area contributed by atoms with Crippen molar-refractivity contribution in [3.63, 3.8) is 0 Å². The predicted octanol–water partition coefficient (Wildman–Crippen LogP) is 3.61. The van der Waals surface area contributed by atoms with E-state index in [-0.39, 0.29) is 0 Å². The molecule has 0 aromatic heterocycles. The van der Waals surface area contributed by atoms with Gasteiger partial charge in [-0.1, -0.05) is 48.5 Å². The summed E-state index contributed by atoms with van der Waals surface area (Å²) < 4.78 is 0. The molecule has 1 aliphatic rings. The van der Waals surface area contributed by atoms with Gasteiger partial charge in [-0.25, -0.2) is 0 Å². The van der Waals surface area contributed by atoms with Crippen molar-refractivity contribution in [1.82, 2.24) is 0 Å². The van der Waals surface area contributed by atoms with Crippen LogP contribution in [0.5, 0.6) is 0 Å². The highest BCUT2D eigenvalue weighted by molar-refractivity contribution is 5.50. The largest absolute Gasteiger partial charge is 0.383 e. The zero-order valence-corrected chi connectivity index (χ0v) is 12.4. The van der Waals surface area contributed by atoms with Crippen LogP contribution in [0.25, 0.3) is 0 Å². The highest BCUT2D eigenvalue weighted by Crippen LogP contribution is 2.50. The van der Waals surface area contributed by atoms with Crippen LogP contribution in [0.15, 0.2) is 48.5 Å². The van der Waals surface area contributed by atoms with E-state index in [1.165, 1.54) is 5.56 Å². The first kappa shape index (κ1) is 13.9. The summed E-state index contributed by atoms with van der Waals surface area (Å²) in [5.74, 6) is 0. The average molecular weight is 277 g/mol. The van der Waals surface area contributed by atoms with Crippen LogP contribution in [0.3, 0.4) is 0 Å². The van der Waals surface area contributed by atoms with Gasteiger partial charge in [0.1, 0.15) is 11.0 Å². The zero-order chi connectivity index (χ0) is 15.1. The van der Waals surface area contributed by atoms with Crippen LogP contribution in [0, 0.1) is 18.3 Å². The Labute approximate surface area is 125 Å². The highest BCUT2D eigenvalue weighted by atomic mass is 16.3. The third-order valence-electron chi connectivity index (χ3n) is 4.94. The lowest BCUT2D eigenvalue weighted by Gasteiger charge is -2.39. The summed E-state index contributed by atoms with van der Waals surface area (Å²) in [7, 11) is 0. The maximum Gasteiger partial charge on any atom is 0.115 e. The number of rotatable bonds is 2. The second kappa shape index (κ2) is 4.72. The number of nitrogens with zero attached hydrogens (tertiary/aromatic N) is 1. The third-order valence-corrected chi connectivity index (χ3v) is 4.94. The van der Waals surface area contributed by atoms with Crippen LogP contribution in [-0.2, 0) is 17.4 Å². The fraction of sp³-hybridized carbons (Fsp3) is 0.316. The Hall–Kier alpha value is -2.11. The molecule has 0 saturated carbocycles. The number of aryl methyl sites for hydroxylation is 2. The highest BCUT2D eigenvalue weighted by Gasteiger charge is 2.53. The average Bonchev–Trinajstić information content (AvgIpc) is 2.88. The minimum Gasteiger partial charge on any atom is -0.383 e. The summed E-state index contributed by atoms with van der Waals surface area (Å²) in [6.45, 7) is 3.76. The van der Waals surface area contributed by atoms with Crippen molar-refractivity contribution < 1.29 is 5.11 Å². The first-order valence-electron chi connectivity index (χ1n) is 7.31. The van der Waals surface area contributed by atoms with Crippen molar-refractivity contribution in [1.29, 1.82) is 5.26 Å². The van der Waals surface area contributed by atoms with Gasteiger partial charge in [0.25, 0.3) is 0 Å². The van der Waals surface area contributed by atoms with Crippen molar-refractivity contribution in [2.24, 2.45) is 0 Å². The Bertz CT molecular complexity index is 726. The molecular formula is C19H19NO. The molecule has 3 rings (SSSR count). The lowest BCUT2D eigenvalue weighted by molar-refractivity contribution is -0.00464. The van der Waals surface area contributed by atoms with Gasteiger partial charge in [-0.2, -0.15) is 5.26 Å². The fourth-order valence-electron chi connectivity index (χ4n) is 3.69. The zero-order valence-electron chi connectivity index (χ0n) is 12.4. The molecule has 0 heterocycles. The molecular weight excluding hydrogens is 258 g/mol. The van der Waals surface area contributed by atoms with Gasteiger partial charge < -0.3 is 5.11 Å². The first-order chi connectivity index (χ1) is 10.0. The van der Waals surface area contributed by atoms with E-state index in [9.17, 15) is 10.4 Å².